The molecule has 1 aromatic heterocycles. The van der Waals surface area contributed by atoms with Crippen LogP contribution in [0.25, 0.3) is 12.2 Å². The van der Waals surface area contributed by atoms with Gasteiger partial charge in [-0.3, -0.25) is 0 Å². The second kappa shape index (κ2) is 9.40. The van der Waals surface area contributed by atoms with Gasteiger partial charge in [-0.25, -0.2) is 0 Å². The zero-order chi connectivity index (χ0) is 19.0. The molecule has 0 saturated heterocycles. The van der Waals surface area contributed by atoms with Gasteiger partial charge >= 0.3 is 7.25 Å². The number of benzene rings is 1. The molecular formula is C15H19BF4N2O2S. The van der Waals surface area contributed by atoms with E-state index < -0.39 is 7.25 Å². The molecule has 10 heteroatoms. The maximum Gasteiger partial charge on any atom is 0.673 e. The summed E-state index contributed by atoms with van der Waals surface area (Å²) in [6.07, 6.45) is 4.14. The Hall–Kier alpha value is -2.10. The molecule has 1 aromatic carbocycles. The summed E-state index contributed by atoms with van der Waals surface area (Å²) >= 11 is 1.68. The fraction of sp³-hybridized carbons (Fsp3) is 0.333. The van der Waals surface area contributed by atoms with Gasteiger partial charge in [0.25, 0.3) is 5.01 Å². The number of aryl methyl sites for hydroxylation is 2. The maximum absolute atomic E-state index is 9.75. The van der Waals surface area contributed by atoms with Crippen molar-refractivity contribution in [1.29, 1.82) is 0 Å². The first-order chi connectivity index (χ1) is 11.7. The smallest absolute Gasteiger partial charge is 0.493 e. The minimum absolute atomic E-state index is 0.735. The second-order valence-electron chi connectivity index (χ2n) is 4.72. The van der Waals surface area contributed by atoms with Crippen LogP contribution in [0.15, 0.2) is 18.2 Å². The van der Waals surface area contributed by atoms with E-state index in [4.69, 9.17) is 9.47 Å². The van der Waals surface area contributed by atoms with Crippen molar-refractivity contribution in [3.8, 4) is 11.5 Å². The largest absolute Gasteiger partial charge is 0.673 e. The molecule has 0 radical (unpaired) electrons. The molecule has 2 aromatic rings. The number of aromatic nitrogens is 2. The summed E-state index contributed by atoms with van der Waals surface area (Å²) in [6.45, 7) is 4.98. The van der Waals surface area contributed by atoms with Gasteiger partial charge in [0, 0.05) is 11.2 Å². The summed E-state index contributed by atoms with van der Waals surface area (Å²) in [4.78, 5) is 0. The Morgan fingerprint density at radius 2 is 1.72 bits per heavy atom. The van der Waals surface area contributed by atoms with E-state index in [1.54, 1.807) is 25.6 Å². The molecule has 138 valence electrons. The summed E-state index contributed by atoms with van der Waals surface area (Å²) in [6, 6.07) is 5.87. The van der Waals surface area contributed by atoms with Crippen molar-refractivity contribution in [1.82, 2.24) is 5.10 Å². The highest BCUT2D eigenvalue weighted by Crippen LogP contribution is 2.28. The topological polar surface area (TPSA) is 35.2 Å². The number of methoxy groups -OCH3 is 2. The number of ether oxygens (including phenoxy) is 2. The SMILES string of the molecule is CC[n+]1nc(C)sc1C=Cc1ccc(OC)c(OC)c1.F[B-](F)(F)F. The third-order valence-corrected chi connectivity index (χ3v) is 3.83. The number of nitrogens with zero attached hydrogens (tertiary/aromatic N) is 2. The molecule has 0 fully saturated rings. The van der Waals surface area contributed by atoms with Gasteiger partial charge in [-0.05, 0) is 49.0 Å². The van der Waals surface area contributed by atoms with E-state index in [1.165, 1.54) is 0 Å². The van der Waals surface area contributed by atoms with Crippen LogP contribution in [0, 0.1) is 6.92 Å². The number of hydrogen-bond acceptors (Lipinski definition) is 4. The molecule has 2 rings (SSSR count). The lowest BCUT2D eigenvalue weighted by molar-refractivity contribution is -0.747. The minimum Gasteiger partial charge on any atom is -0.493 e. The minimum atomic E-state index is -6.00. The zero-order valence-corrected chi connectivity index (χ0v) is 15.1. The average molecular weight is 378 g/mol. The average Bonchev–Trinajstić information content (AvgIpc) is 2.91. The molecule has 0 aliphatic heterocycles. The Kier molecular flexibility index (Phi) is 7.88. The predicted octanol–water partition coefficient (Wildman–Crippen LogP) is 4.25. The van der Waals surface area contributed by atoms with E-state index in [0.29, 0.717) is 0 Å². The van der Waals surface area contributed by atoms with Crippen LogP contribution < -0.4 is 14.2 Å². The van der Waals surface area contributed by atoms with Crippen LogP contribution in [0.5, 0.6) is 11.5 Å². The Morgan fingerprint density at radius 1 is 1.12 bits per heavy atom. The number of halogens is 4. The first-order valence-corrected chi connectivity index (χ1v) is 8.14. The predicted molar refractivity (Wildman–Crippen MR) is 91.4 cm³/mol. The monoisotopic (exact) mass is 378 g/mol. The van der Waals surface area contributed by atoms with Gasteiger partial charge < -0.3 is 26.7 Å². The Bertz CT molecular complexity index is 714. The van der Waals surface area contributed by atoms with Crippen molar-refractivity contribution >= 4 is 30.7 Å². The number of rotatable bonds is 5. The van der Waals surface area contributed by atoms with E-state index in [1.807, 2.05) is 29.8 Å². The van der Waals surface area contributed by atoms with Crippen LogP contribution in [-0.2, 0) is 6.54 Å². The molecule has 0 saturated carbocycles. The fourth-order valence-electron chi connectivity index (χ4n) is 1.91. The van der Waals surface area contributed by atoms with Gasteiger partial charge in [0.15, 0.2) is 23.1 Å². The van der Waals surface area contributed by atoms with Gasteiger partial charge in [-0.15, -0.1) is 0 Å². The molecule has 0 unspecified atom stereocenters. The highest BCUT2D eigenvalue weighted by atomic mass is 32.1. The summed E-state index contributed by atoms with van der Waals surface area (Å²) in [7, 11) is -2.72. The van der Waals surface area contributed by atoms with Crippen LogP contribution in [0.2, 0.25) is 0 Å². The van der Waals surface area contributed by atoms with E-state index in [2.05, 4.69) is 24.2 Å². The fourth-order valence-corrected chi connectivity index (χ4v) is 2.77. The molecule has 0 atom stereocenters. The third kappa shape index (κ3) is 7.55. The summed E-state index contributed by atoms with van der Waals surface area (Å²) in [5, 5.41) is 6.65. The van der Waals surface area contributed by atoms with Crippen molar-refractivity contribution in [2.24, 2.45) is 0 Å². The molecule has 0 aliphatic carbocycles. The van der Waals surface area contributed by atoms with Crippen molar-refractivity contribution in [3.63, 3.8) is 0 Å². The van der Waals surface area contributed by atoms with Crippen LogP contribution in [0.3, 0.4) is 0 Å². The molecule has 0 spiro atoms. The summed E-state index contributed by atoms with van der Waals surface area (Å²) in [5.74, 6) is 1.47. The zero-order valence-electron chi connectivity index (χ0n) is 14.3. The van der Waals surface area contributed by atoms with Crippen LogP contribution in [0.4, 0.5) is 17.3 Å². The van der Waals surface area contributed by atoms with Gasteiger partial charge in [-0.2, -0.15) is 0 Å². The molecule has 0 aliphatic rings. The standard InChI is InChI=1S/C15H19N2O2S.BF4/c1-5-17-15(20-11(2)16-17)9-7-12-6-8-13(18-3)14(10-12)19-4;2-1(3,4)5/h6-10H,5H2,1-4H3;/q+1;-1. The first-order valence-electron chi connectivity index (χ1n) is 7.33. The molecule has 25 heavy (non-hydrogen) atoms. The molecule has 0 N–H and O–H groups in total. The molecular weight excluding hydrogens is 359 g/mol. The van der Waals surface area contributed by atoms with Crippen molar-refractivity contribution in [3.05, 3.63) is 33.8 Å². The Balaban J connectivity index is 0.000000550. The first kappa shape index (κ1) is 20.9. The Morgan fingerprint density at radius 3 is 2.24 bits per heavy atom. The van der Waals surface area contributed by atoms with Gasteiger partial charge in [0.05, 0.1) is 14.2 Å². The van der Waals surface area contributed by atoms with Gasteiger partial charge in [-0.1, -0.05) is 10.7 Å². The molecule has 0 amide bonds. The van der Waals surface area contributed by atoms with E-state index in [0.717, 1.165) is 33.6 Å². The van der Waals surface area contributed by atoms with E-state index >= 15 is 0 Å². The van der Waals surface area contributed by atoms with Gasteiger partial charge in [0.1, 0.15) is 0 Å². The summed E-state index contributed by atoms with van der Waals surface area (Å²) in [5.41, 5.74) is 1.07. The molecule has 4 nitrogen and oxygen atoms in total. The lowest BCUT2D eigenvalue weighted by Gasteiger charge is -2.07. The maximum atomic E-state index is 9.75. The Labute approximate surface area is 147 Å². The van der Waals surface area contributed by atoms with Crippen molar-refractivity contribution in [2.75, 3.05) is 14.2 Å². The van der Waals surface area contributed by atoms with Crippen molar-refractivity contribution < 1.29 is 31.4 Å². The lowest BCUT2D eigenvalue weighted by Crippen LogP contribution is -2.36. The third-order valence-electron chi connectivity index (χ3n) is 2.89. The quantitative estimate of drug-likeness (QED) is 0.443. The lowest BCUT2D eigenvalue weighted by atomic mass is 10.2. The van der Waals surface area contributed by atoms with E-state index in [9.17, 15) is 17.3 Å². The molecule has 1 heterocycles. The normalized spacial score (nSPS) is 11.2. The molecule has 0 bridgehead atoms. The highest BCUT2D eigenvalue weighted by Gasteiger charge is 2.20. The van der Waals surface area contributed by atoms with Crippen molar-refractivity contribution in [2.45, 2.75) is 20.4 Å². The summed E-state index contributed by atoms with van der Waals surface area (Å²) < 4.78 is 51.5. The van der Waals surface area contributed by atoms with Crippen LogP contribution >= 0.6 is 11.3 Å². The highest BCUT2D eigenvalue weighted by molar-refractivity contribution is 7.11. The van der Waals surface area contributed by atoms with Crippen LogP contribution in [0.1, 0.15) is 22.5 Å². The van der Waals surface area contributed by atoms with E-state index in [-0.39, 0.29) is 0 Å². The second-order valence-corrected chi connectivity index (χ2v) is 5.93. The van der Waals surface area contributed by atoms with Crippen LogP contribution in [-0.4, -0.2) is 26.6 Å². The van der Waals surface area contributed by atoms with Gasteiger partial charge in [0.2, 0.25) is 0 Å². The number of hydrogen-bond donors (Lipinski definition) is 0.